The summed E-state index contributed by atoms with van der Waals surface area (Å²) in [7, 11) is 0. The van der Waals surface area contributed by atoms with E-state index >= 15 is 0 Å². The molecular weight excluding hydrogens is 228 g/mol. The van der Waals surface area contributed by atoms with Crippen molar-refractivity contribution in [1.29, 1.82) is 0 Å². The summed E-state index contributed by atoms with van der Waals surface area (Å²) >= 11 is 0. The zero-order chi connectivity index (χ0) is 14.1. The average Bonchev–Trinajstić information content (AvgIpc) is 2.25. The van der Waals surface area contributed by atoms with Crippen molar-refractivity contribution in [3.8, 4) is 0 Å². The molecule has 0 bridgehead atoms. The maximum absolute atomic E-state index is 10.4. The molecule has 0 aromatic carbocycles. The van der Waals surface area contributed by atoms with Gasteiger partial charge in [-0.2, -0.15) is 0 Å². The average molecular weight is 254 g/mol. The molecule has 2 N–H and O–H groups in total. The van der Waals surface area contributed by atoms with Crippen molar-refractivity contribution in [2.24, 2.45) is 11.8 Å². The third kappa shape index (κ3) is 8.99. The molecule has 18 heavy (non-hydrogen) atoms. The van der Waals surface area contributed by atoms with E-state index in [0.717, 1.165) is 18.4 Å². The van der Waals surface area contributed by atoms with E-state index in [0.29, 0.717) is 18.3 Å². The van der Waals surface area contributed by atoms with E-state index < -0.39 is 5.97 Å². The number of aliphatic hydroxyl groups is 1. The molecule has 0 aliphatic heterocycles. The lowest BCUT2D eigenvalue weighted by Gasteiger charge is -2.17. The highest BCUT2D eigenvalue weighted by Crippen LogP contribution is 2.21. The van der Waals surface area contributed by atoms with Gasteiger partial charge >= 0.3 is 5.97 Å². The van der Waals surface area contributed by atoms with Crippen LogP contribution >= 0.6 is 0 Å². The van der Waals surface area contributed by atoms with Gasteiger partial charge in [-0.25, -0.2) is 0 Å². The van der Waals surface area contributed by atoms with Crippen molar-refractivity contribution >= 4 is 5.97 Å². The minimum Gasteiger partial charge on any atom is -0.481 e. The van der Waals surface area contributed by atoms with Gasteiger partial charge in [0, 0.05) is 6.42 Å². The van der Waals surface area contributed by atoms with Crippen molar-refractivity contribution in [3.63, 3.8) is 0 Å². The maximum atomic E-state index is 10.4. The van der Waals surface area contributed by atoms with E-state index in [4.69, 9.17) is 5.11 Å². The molecule has 3 heteroatoms. The minimum atomic E-state index is -0.793. The molecule has 0 radical (unpaired) electrons. The van der Waals surface area contributed by atoms with Gasteiger partial charge in [0.2, 0.25) is 0 Å². The quantitative estimate of drug-likeness (QED) is 0.620. The van der Waals surface area contributed by atoms with Gasteiger partial charge in [-0.05, 0) is 38.0 Å². The molecule has 0 heterocycles. The Morgan fingerprint density at radius 2 is 1.83 bits per heavy atom. The SMILES string of the molecule is C=C(/C=C/[C@@H](CC[C@@H](C)O)C(C)C)CCC(=O)O. The van der Waals surface area contributed by atoms with Crippen LogP contribution < -0.4 is 0 Å². The second kappa shape index (κ2) is 8.92. The highest BCUT2D eigenvalue weighted by Gasteiger charge is 2.11. The van der Waals surface area contributed by atoms with Crippen molar-refractivity contribution < 1.29 is 15.0 Å². The van der Waals surface area contributed by atoms with Crippen LogP contribution in [0.1, 0.15) is 46.5 Å². The summed E-state index contributed by atoms with van der Waals surface area (Å²) < 4.78 is 0. The number of allylic oxidation sites excluding steroid dienone is 3. The first-order chi connectivity index (χ1) is 8.32. The first-order valence-electron chi connectivity index (χ1n) is 6.58. The highest BCUT2D eigenvalue weighted by molar-refractivity contribution is 5.67. The normalized spacial score (nSPS) is 14.9. The van der Waals surface area contributed by atoms with Gasteiger partial charge in [-0.1, -0.05) is 38.2 Å². The minimum absolute atomic E-state index is 0.128. The molecule has 0 saturated heterocycles. The maximum Gasteiger partial charge on any atom is 0.303 e. The summed E-state index contributed by atoms with van der Waals surface area (Å²) in [5, 5.41) is 17.9. The van der Waals surface area contributed by atoms with Crippen molar-refractivity contribution in [2.75, 3.05) is 0 Å². The van der Waals surface area contributed by atoms with E-state index in [-0.39, 0.29) is 12.5 Å². The molecule has 0 fully saturated rings. The Morgan fingerprint density at radius 3 is 2.28 bits per heavy atom. The Balaban J connectivity index is 4.21. The molecule has 0 spiro atoms. The lowest BCUT2D eigenvalue weighted by molar-refractivity contribution is -0.136. The van der Waals surface area contributed by atoms with Gasteiger partial charge in [0.25, 0.3) is 0 Å². The number of aliphatic hydroxyl groups excluding tert-OH is 1. The number of aliphatic carboxylic acids is 1. The molecule has 104 valence electrons. The summed E-state index contributed by atoms with van der Waals surface area (Å²) in [5.41, 5.74) is 0.847. The smallest absolute Gasteiger partial charge is 0.303 e. The first kappa shape index (κ1) is 16.9. The fraction of sp³-hybridized carbons (Fsp3) is 0.667. The topological polar surface area (TPSA) is 57.5 Å². The zero-order valence-corrected chi connectivity index (χ0v) is 11.7. The number of carbonyl (C=O) groups is 1. The number of rotatable bonds is 9. The largest absolute Gasteiger partial charge is 0.481 e. The van der Waals surface area contributed by atoms with Crippen LogP contribution in [-0.2, 0) is 4.79 Å². The van der Waals surface area contributed by atoms with Gasteiger partial charge in [0.05, 0.1) is 6.10 Å². The standard InChI is InChI=1S/C15H26O3/c1-11(2)14(9-7-13(4)16)8-5-12(3)6-10-15(17)18/h5,8,11,13-14,16H,3,6-7,9-10H2,1-2,4H3,(H,17,18)/b8-5+/t13-,14+/m1/s1. The van der Waals surface area contributed by atoms with E-state index in [1.54, 1.807) is 6.92 Å². The van der Waals surface area contributed by atoms with Crippen LogP contribution in [0.5, 0.6) is 0 Å². The van der Waals surface area contributed by atoms with Gasteiger partial charge in [0.1, 0.15) is 0 Å². The zero-order valence-electron chi connectivity index (χ0n) is 11.7. The monoisotopic (exact) mass is 254 g/mol. The Labute approximate surface area is 110 Å². The molecule has 0 aromatic heterocycles. The number of hydrogen-bond donors (Lipinski definition) is 2. The summed E-state index contributed by atoms with van der Waals surface area (Å²) in [4.78, 5) is 10.4. The summed E-state index contributed by atoms with van der Waals surface area (Å²) in [6, 6.07) is 0. The van der Waals surface area contributed by atoms with Crippen LogP contribution in [0.25, 0.3) is 0 Å². The van der Waals surface area contributed by atoms with Crippen LogP contribution in [0.3, 0.4) is 0 Å². The predicted molar refractivity (Wildman–Crippen MR) is 74.4 cm³/mol. The molecule has 0 aromatic rings. The van der Waals surface area contributed by atoms with Crippen LogP contribution in [0.4, 0.5) is 0 Å². The Kier molecular flexibility index (Phi) is 8.38. The first-order valence-corrected chi connectivity index (χ1v) is 6.58. The van der Waals surface area contributed by atoms with Crippen molar-refractivity contribution in [2.45, 2.75) is 52.6 Å². The third-order valence-corrected chi connectivity index (χ3v) is 3.01. The third-order valence-electron chi connectivity index (χ3n) is 3.01. The molecule has 0 unspecified atom stereocenters. The molecule has 0 aliphatic carbocycles. The lowest BCUT2D eigenvalue weighted by Crippen LogP contribution is -2.09. The molecule has 0 rings (SSSR count). The van der Waals surface area contributed by atoms with Crippen LogP contribution in [0.15, 0.2) is 24.3 Å². The van der Waals surface area contributed by atoms with Crippen LogP contribution in [0, 0.1) is 11.8 Å². The summed E-state index contributed by atoms with van der Waals surface area (Å²) in [5.74, 6) is 0.118. The predicted octanol–water partition coefficient (Wildman–Crippen LogP) is 3.40. The second-order valence-electron chi connectivity index (χ2n) is 5.25. The van der Waals surface area contributed by atoms with Gasteiger partial charge in [-0.3, -0.25) is 4.79 Å². The summed E-state index contributed by atoms with van der Waals surface area (Å²) in [6.45, 7) is 9.95. The summed E-state index contributed by atoms with van der Waals surface area (Å²) in [6.07, 6.45) is 6.10. The van der Waals surface area contributed by atoms with E-state index in [1.807, 2.05) is 6.08 Å². The van der Waals surface area contributed by atoms with E-state index in [1.165, 1.54) is 0 Å². The highest BCUT2D eigenvalue weighted by atomic mass is 16.4. The number of carboxylic acids is 1. The lowest BCUT2D eigenvalue weighted by atomic mass is 9.89. The fourth-order valence-corrected chi connectivity index (χ4v) is 1.70. The Morgan fingerprint density at radius 1 is 1.22 bits per heavy atom. The van der Waals surface area contributed by atoms with Crippen LogP contribution in [-0.4, -0.2) is 22.3 Å². The number of hydrogen-bond acceptors (Lipinski definition) is 2. The molecule has 3 nitrogen and oxygen atoms in total. The van der Waals surface area contributed by atoms with E-state index in [2.05, 4.69) is 26.5 Å². The fourth-order valence-electron chi connectivity index (χ4n) is 1.70. The molecule has 2 atom stereocenters. The van der Waals surface area contributed by atoms with Gasteiger partial charge in [0.15, 0.2) is 0 Å². The van der Waals surface area contributed by atoms with Gasteiger partial charge in [-0.15, -0.1) is 0 Å². The van der Waals surface area contributed by atoms with Crippen molar-refractivity contribution in [3.05, 3.63) is 24.3 Å². The Hall–Kier alpha value is -1.09. The molecule has 0 saturated carbocycles. The number of carboxylic acid groups (broad SMARTS) is 1. The second-order valence-corrected chi connectivity index (χ2v) is 5.25. The van der Waals surface area contributed by atoms with E-state index in [9.17, 15) is 9.90 Å². The van der Waals surface area contributed by atoms with Crippen molar-refractivity contribution in [1.82, 2.24) is 0 Å². The van der Waals surface area contributed by atoms with Gasteiger partial charge < -0.3 is 10.2 Å². The Bertz CT molecular complexity index is 290. The molecule has 0 amide bonds. The van der Waals surface area contributed by atoms with Crippen LogP contribution in [0.2, 0.25) is 0 Å². The molecular formula is C15H26O3. The molecule has 0 aliphatic rings.